The van der Waals surface area contributed by atoms with Gasteiger partial charge in [0, 0.05) is 0 Å². The van der Waals surface area contributed by atoms with Gasteiger partial charge in [0.25, 0.3) is 0 Å². The van der Waals surface area contributed by atoms with E-state index in [1.54, 1.807) is 7.11 Å². The number of anilines is 1. The van der Waals surface area contributed by atoms with Crippen LogP contribution in [0.4, 0.5) is 5.69 Å². The Labute approximate surface area is 172 Å². The van der Waals surface area contributed by atoms with Crippen LogP contribution in [0.15, 0.2) is 42.5 Å². The van der Waals surface area contributed by atoms with E-state index in [0.717, 1.165) is 59.8 Å². The molecule has 0 spiro atoms. The number of aryl methyl sites for hydroxylation is 2. The maximum atomic E-state index is 5.60. The van der Waals surface area contributed by atoms with Crippen molar-refractivity contribution < 1.29 is 4.74 Å². The molecule has 152 valence electrons. The highest BCUT2D eigenvalue weighted by Gasteiger charge is 2.41. The first-order chi connectivity index (χ1) is 14.0. The second kappa shape index (κ2) is 7.85. The lowest BCUT2D eigenvalue weighted by atomic mass is 9.76. The zero-order chi connectivity index (χ0) is 20.4. The summed E-state index contributed by atoms with van der Waals surface area (Å²) in [6.07, 6.45) is 4.19. The Bertz CT molecular complexity index is 968. The van der Waals surface area contributed by atoms with Gasteiger partial charge in [0.05, 0.1) is 24.0 Å². The van der Waals surface area contributed by atoms with Crippen LogP contribution in [-0.4, -0.2) is 27.3 Å². The summed E-state index contributed by atoms with van der Waals surface area (Å²) in [7, 11) is 1.71. The summed E-state index contributed by atoms with van der Waals surface area (Å²) in [4.78, 5) is 0. The van der Waals surface area contributed by atoms with Crippen molar-refractivity contribution in [3.8, 4) is 11.4 Å². The Hall–Kier alpha value is -2.89. The number of methoxy groups -OCH3 is 1. The summed E-state index contributed by atoms with van der Waals surface area (Å²) < 4.78 is 7.54. The summed E-state index contributed by atoms with van der Waals surface area (Å²) >= 11 is 0. The summed E-state index contributed by atoms with van der Waals surface area (Å²) in [6, 6.07) is 14.3. The molecule has 0 saturated heterocycles. The number of nitrogens with zero attached hydrogens (tertiary/aromatic N) is 4. The van der Waals surface area contributed by atoms with Gasteiger partial charge in [0.15, 0.2) is 5.82 Å². The Kier molecular flexibility index (Phi) is 5.26. The number of hydrogen-bond donors (Lipinski definition) is 1. The number of benzene rings is 2. The Morgan fingerprint density at radius 1 is 1.03 bits per heavy atom. The minimum atomic E-state index is -0.348. The van der Waals surface area contributed by atoms with Crippen LogP contribution < -0.4 is 10.1 Å². The molecule has 0 radical (unpaired) electrons. The van der Waals surface area contributed by atoms with Crippen LogP contribution in [0, 0.1) is 19.8 Å². The average molecular weight is 392 g/mol. The normalized spacial score (nSPS) is 21.7. The Morgan fingerprint density at radius 3 is 2.41 bits per heavy atom. The molecule has 2 aromatic carbocycles. The Balaban J connectivity index is 1.83. The number of rotatable bonds is 5. The van der Waals surface area contributed by atoms with Gasteiger partial charge in [-0.15, -0.1) is 5.10 Å². The van der Waals surface area contributed by atoms with Gasteiger partial charge in [-0.3, -0.25) is 0 Å². The monoisotopic (exact) mass is 391 g/mol. The predicted molar refractivity (Wildman–Crippen MR) is 115 cm³/mol. The van der Waals surface area contributed by atoms with Crippen molar-refractivity contribution in [3.63, 3.8) is 0 Å². The molecule has 0 bridgehead atoms. The number of ether oxygens (including phenoxy) is 1. The highest BCUT2D eigenvalue weighted by molar-refractivity contribution is 5.58. The molecule has 1 saturated carbocycles. The fourth-order valence-electron chi connectivity index (χ4n) is 4.44. The van der Waals surface area contributed by atoms with Crippen LogP contribution in [-0.2, 0) is 5.54 Å². The van der Waals surface area contributed by atoms with Gasteiger partial charge in [-0.2, -0.15) is 4.68 Å². The molecule has 6 nitrogen and oxygen atoms in total. The third-order valence-corrected chi connectivity index (χ3v) is 6.16. The molecule has 1 aromatic heterocycles. The smallest absolute Gasteiger partial charge is 0.181 e. The zero-order valence-corrected chi connectivity index (χ0v) is 17.6. The third-order valence-electron chi connectivity index (χ3n) is 6.16. The van der Waals surface area contributed by atoms with E-state index in [1.165, 1.54) is 0 Å². The van der Waals surface area contributed by atoms with Crippen molar-refractivity contribution >= 4 is 5.69 Å². The van der Waals surface area contributed by atoms with E-state index in [0.29, 0.717) is 5.92 Å². The largest absolute Gasteiger partial charge is 0.495 e. The van der Waals surface area contributed by atoms with Crippen molar-refractivity contribution in [1.29, 1.82) is 0 Å². The topological polar surface area (TPSA) is 64.9 Å². The van der Waals surface area contributed by atoms with E-state index in [9.17, 15) is 0 Å². The number of hydrogen-bond acceptors (Lipinski definition) is 5. The van der Waals surface area contributed by atoms with E-state index in [2.05, 4.69) is 65.9 Å². The predicted octanol–water partition coefficient (Wildman–Crippen LogP) is 4.81. The summed E-state index contributed by atoms with van der Waals surface area (Å²) in [5, 5.41) is 16.9. The fourth-order valence-corrected chi connectivity index (χ4v) is 4.44. The van der Waals surface area contributed by atoms with E-state index < -0.39 is 0 Å². The van der Waals surface area contributed by atoms with Crippen LogP contribution in [0.2, 0.25) is 0 Å². The van der Waals surface area contributed by atoms with Crippen molar-refractivity contribution in [2.24, 2.45) is 5.92 Å². The van der Waals surface area contributed by atoms with Crippen molar-refractivity contribution in [1.82, 2.24) is 20.2 Å². The maximum absolute atomic E-state index is 5.60. The first-order valence-electron chi connectivity index (χ1n) is 10.3. The second-order valence-corrected chi connectivity index (χ2v) is 8.24. The van der Waals surface area contributed by atoms with Crippen LogP contribution in [0.25, 0.3) is 5.69 Å². The number of aromatic nitrogens is 4. The number of nitrogens with one attached hydrogen (secondary N) is 1. The second-order valence-electron chi connectivity index (χ2n) is 8.24. The molecule has 4 rings (SSSR count). The molecule has 1 aliphatic carbocycles. The molecule has 0 amide bonds. The minimum Gasteiger partial charge on any atom is -0.495 e. The SMILES string of the molecule is COc1ccccc1NC1(c2nnnn2-c2c(C)cccc2C)CCC(C)CC1. The van der Waals surface area contributed by atoms with E-state index in [4.69, 9.17) is 4.74 Å². The van der Waals surface area contributed by atoms with Crippen LogP contribution in [0.5, 0.6) is 5.75 Å². The highest BCUT2D eigenvalue weighted by Crippen LogP contribution is 2.43. The number of tetrazole rings is 1. The minimum absolute atomic E-state index is 0.348. The average Bonchev–Trinajstić information content (AvgIpc) is 3.20. The lowest BCUT2D eigenvalue weighted by Crippen LogP contribution is -2.41. The first kappa shape index (κ1) is 19.4. The van der Waals surface area contributed by atoms with Gasteiger partial charge in [0.2, 0.25) is 0 Å². The Morgan fingerprint density at radius 2 is 1.72 bits per heavy atom. The van der Waals surface area contributed by atoms with Crippen molar-refractivity contribution in [2.75, 3.05) is 12.4 Å². The molecule has 1 heterocycles. The summed E-state index contributed by atoms with van der Waals surface area (Å²) in [5.74, 6) is 2.40. The molecule has 1 N–H and O–H groups in total. The number of para-hydroxylation sites is 3. The standard InChI is InChI=1S/C23H29N5O/c1-16-12-14-23(15-13-16,24-19-10-5-6-11-20(19)29-4)22-25-26-27-28(22)21-17(2)8-7-9-18(21)3/h5-11,16,24H,12-15H2,1-4H3. The van der Waals surface area contributed by atoms with Crippen LogP contribution >= 0.6 is 0 Å². The van der Waals surface area contributed by atoms with E-state index in [1.807, 2.05) is 22.9 Å². The summed E-state index contributed by atoms with van der Waals surface area (Å²) in [6.45, 7) is 6.54. The van der Waals surface area contributed by atoms with Crippen LogP contribution in [0.1, 0.15) is 49.6 Å². The zero-order valence-electron chi connectivity index (χ0n) is 17.6. The van der Waals surface area contributed by atoms with Gasteiger partial charge in [-0.05, 0) is 79.1 Å². The lowest BCUT2D eigenvalue weighted by molar-refractivity contribution is 0.254. The molecular weight excluding hydrogens is 362 g/mol. The van der Waals surface area contributed by atoms with Gasteiger partial charge in [-0.1, -0.05) is 37.3 Å². The molecule has 0 unspecified atom stereocenters. The molecule has 6 heteroatoms. The third kappa shape index (κ3) is 3.59. The maximum Gasteiger partial charge on any atom is 0.181 e. The van der Waals surface area contributed by atoms with Gasteiger partial charge >= 0.3 is 0 Å². The van der Waals surface area contributed by atoms with E-state index >= 15 is 0 Å². The van der Waals surface area contributed by atoms with Gasteiger partial charge in [-0.25, -0.2) is 0 Å². The van der Waals surface area contributed by atoms with Crippen molar-refractivity contribution in [3.05, 3.63) is 59.4 Å². The molecule has 29 heavy (non-hydrogen) atoms. The molecule has 1 aliphatic rings. The van der Waals surface area contributed by atoms with Crippen molar-refractivity contribution in [2.45, 2.75) is 52.0 Å². The lowest BCUT2D eigenvalue weighted by Gasteiger charge is -2.40. The van der Waals surface area contributed by atoms with Gasteiger partial charge in [0.1, 0.15) is 5.75 Å². The fraction of sp³-hybridized carbons (Fsp3) is 0.435. The molecule has 0 aliphatic heterocycles. The highest BCUT2D eigenvalue weighted by atomic mass is 16.5. The molecular formula is C23H29N5O. The first-order valence-corrected chi connectivity index (χ1v) is 10.3. The quantitative estimate of drug-likeness (QED) is 0.676. The molecule has 1 fully saturated rings. The molecule has 0 atom stereocenters. The van der Waals surface area contributed by atoms with Crippen LogP contribution in [0.3, 0.4) is 0 Å². The molecule has 3 aromatic rings. The summed E-state index contributed by atoms with van der Waals surface area (Å²) in [5.41, 5.74) is 4.01. The van der Waals surface area contributed by atoms with E-state index in [-0.39, 0.29) is 5.54 Å². The van der Waals surface area contributed by atoms with Gasteiger partial charge < -0.3 is 10.1 Å².